The number of nitrogens with zero attached hydrogens (tertiary/aromatic N) is 1. The predicted octanol–water partition coefficient (Wildman–Crippen LogP) is 2.79. The van der Waals surface area contributed by atoms with Crippen LogP contribution in [0.3, 0.4) is 0 Å². The molecule has 0 aliphatic heterocycles. The Bertz CT molecular complexity index is 1180. The Labute approximate surface area is 182 Å². The number of H-pyrrole nitrogens is 1. The minimum Gasteiger partial charge on any atom is -0.497 e. The van der Waals surface area contributed by atoms with Gasteiger partial charge in [0.05, 0.1) is 25.0 Å². The van der Waals surface area contributed by atoms with Gasteiger partial charge in [0.15, 0.2) is 0 Å². The van der Waals surface area contributed by atoms with Crippen molar-refractivity contribution in [2.24, 2.45) is 0 Å². The number of nitrogens with one attached hydrogen (secondary N) is 2. The van der Waals surface area contributed by atoms with E-state index in [1.807, 2.05) is 0 Å². The summed E-state index contributed by atoms with van der Waals surface area (Å²) >= 11 is 1.54. The number of aromatic amines is 1. The molecule has 8 nitrogen and oxygen atoms in total. The molecule has 2 heterocycles. The number of hydrogen-bond acceptors (Lipinski definition) is 7. The van der Waals surface area contributed by atoms with E-state index in [2.05, 4.69) is 15.3 Å². The quantitative estimate of drug-likeness (QED) is 0.546. The summed E-state index contributed by atoms with van der Waals surface area (Å²) in [5.41, 5.74) is 1.67. The first kappa shape index (κ1) is 21.0. The van der Waals surface area contributed by atoms with Crippen molar-refractivity contribution in [3.63, 3.8) is 0 Å². The van der Waals surface area contributed by atoms with Gasteiger partial charge in [-0.3, -0.25) is 14.4 Å². The second-order valence-corrected chi connectivity index (χ2v) is 8.52. The van der Waals surface area contributed by atoms with E-state index in [4.69, 9.17) is 9.47 Å². The first-order valence-electron chi connectivity index (χ1n) is 10.0. The van der Waals surface area contributed by atoms with Crippen molar-refractivity contribution in [1.29, 1.82) is 0 Å². The van der Waals surface area contributed by atoms with Crippen molar-refractivity contribution < 1.29 is 19.1 Å². The number of amides is 1. The Morgan fingerprint density at radius 1 is 1.26 bits per heavy atom. The second kappa shape index (κ2) is 8.89. The number of benzene rings is 1. The summed E-state index contributed by atoms with van der Waals surface area (Å²) in [7, 11) is 1.57. The average molecular weight is 442 g/mol. The van der Waals surface area contributed by atoms with Crippen molar-refractivity contribution in [3.8, 4) is 5.75 Å². The number of hydrogen-bond donors (Lipinski definition) is 2. The normalized spacial score (nSPS) is 13.6. The standard InChI is InChI=1S/C22H23N3O5S/c1-12(26)23-16(13-6-8-14(29-2)9-7-13)10-19(27)30-11-18-24-21(28)20-15-4-3-5-17(15)31-22(20)25-18/h6-9,16H,3-5,10-11H2,1-2H3,(H,23,26)(H,24,25,28)/t16-/m1/s1. The highest BCUT2D eigenvalue weighted by molar-refractivity contribution is 7.18. The fourth-order valence-electron chi connectivity index (χ4n) is 3.82. The molecule has 9 heteroatoms. The molecule has 0 bridgehead atoms. The van der Waals surface area contributed by atoms with Gasteiger partial charge in [-0.05, 0) is 42.5 Å². The fraction of sp³-hybridized carbons (Fsp3) is 0.364. The van der Waals surface area contributed by atoms with Gasteiger partial charge >= 0.3 is 5.97 Å². The molecule has 3 aromatic rings. The van der Waals surface area contributed by atoms with Crippen molar-refractivity contribution in [2.75, 3.05) is 7.11 Å². The maximum Gasteiger partial charge on any atom is 0.308 e. The second-order valence-electron chi connectivity index (χ2n) is 7.44. The Morgan fingerprint density at radius 2 is 2.03 bits per heavy atom. The van der Waals surface area contributed by atoms with E-state index in [9.17, 15) is 14.4 Å². The van der Waals surface area contributed by atoms with Gasteiger partial charge in [-0.1, -0.05) is 12.1 Å². The molecule has 2 aromatic heterocycles. The summed E-state index contributed by atoms with van der Waals surface area (Å²) in [6.07, 6.45) is 2.91. The molecule has 31 heavy (non-hydrogen) atoms. The van der Waals surface area contributed by atoms with E-state index in [0.717, 1.165) is 30.4 Å². The van der Waals surface area contributed by atoms with Crippen LogP contribution in [0.2, 0.25) is 0 Å². The lowest BCUT2D eigenvalue weighted by atomic mass is 10.0. The molecule has 1 aromatic carbocycles. The lowest BCUT2D eigenvalue weighted by molar-refractivity contribution is -0.146. The van der Waals surface area contributed by atoms with Gasteiger partial charge in [-0.2, -0.15) is 0 Å². The molecule has 0 saturated carbocycles. The average Bonchev–Trinajstić information content (AvgIpc) is 3.32. The molecule has 1 aliphatic rings. The molecule has 0 spiro atoms. The molecule has 0 unspecified atom stereocenters. The van der Waals surface area contributed by atoms with Gasteiger partial charge < -0.3 is 19.8 Å². The maximum atomic E-state index is 12.5. The summed E-state index contributed by atoms with van der Waals surface area (Å²) in [6.45, 7) is 1.26. The number of carbonyl (C=O) groups excluding carboxylic acids is 2. The summed E-state index contributed by atoms with van der Waals surface area (Å²) in [5.74, 6) is 0.228. The summed E-state index contributed by atoms with van der Waals surface area (Å²) in [5, 5.41) is 3.43. The van der Waals surface area contributed by atoms with Gasteiger partial charge in [-0.15, -0.1) is 11.3 Å². The Hall–Kier alpha value is -3.20. The molecule has 0 saturated heterocycles. The third-order valence-corrected chi connectivity index (χ3v) is 6.45. The van der Waals surface area contributed by atoms with Gasteiger partial charge in [-0.25, -0.2) is 4.98 Å². The Kier molecular flexibility index (Phi) is 6.03. The highest BCUT2D eigenvalue weighted by Crippen LogP contribution is 2.34. The zero-order valence-corrected chi connectivity index (χ0v) is 18.1. The first-order chi connectivity index (χ1) is 14.9. The van der Waals surface area contributed by atoms with Crippen LogP contribution in [0.5, 0.6) is 5.75 Å². The maximum absolute atomic E-state index is 12.5. The molecule has 162 valence electrons. The summed E-state index contributed by atoms with van der Waals surface area (Å²) in [4.78, 5) is 45.7. The van der Waals surface area contributed by atoms with E-state index in [0.29, 0.717) is 21.8 Å². The molecule has 1 atom stereocenters. The SMILES string of the molecule is COc1ccc([C@@H](CC(=O)OCc2nc3sc4c(c3c(=O)[nH]2)CCC4)NC(C)=O)cc1. The molecule has 0 radical (unpaired) electrons. The minimum atomic E-state index is -0.536. The number of rotatable bonds is 7. The van der Waals surface area contributed by atoms with Crippen LogP contribution in [0.25, 0.3) is 10.2 Å². The zero-order valence-electron chi connectivity index (χ0n) is 17.3. The van der Waals surface area contributed by atoms with Crippen LogP contribution in [0.4, 0.5) is 0 Å². The van der Waals surface area contributed by atoms with Crippen molar-refractivity contribution >= 4 is 33.4 Å². The predicted molar refractivity (Wildman–Crippen MR) is 116 cm³/mol. The number of thiophene rings is 1. The number of esters is 1. The van der Waals surface area contributed by atoms with E-state index in [1.54, 1.807) is 31.4 Å². The van der Waals surface area contributed by atoms with E-state index in [1.165, 1.54) is 23.1 Å². The van der Waals surface area contributed by atoms with Gasteiger partial charge in [0.25, 0.3) is 5.56 Å². The van der Waals surface area contributed by atoms with Gasteiger partial charge in [0.2, 0.25) is 5.91 Å². The van der Waals surface area contributed by atoms with E-state index >= 15 is 0 Å². The van der Waals surface area contributed by atoms with E-state index in [-0.39, 0.29) is 24.5 Å². The molecule has 0 fully saturated rings. The lowest BCUT2D eigenvalue weighted by Crippen LogP contribution is -2.28. The first-order valence-corrected chi connectivity index (χ1v) is 10.9. The van der Waals surface area contributed by atoms with Crippen LogP contribution in [0.15, 0.2) is 29.1 Å². The number of fused-ring (bicyclic) bond motifs is 3. The molecular weight excluding hydrogens is 418 g/mol. The third kappa shape index (κ3) is 4.61. The summed E-state index contributed by atoms with van der Waals surface area (Å²) < 4.78 is 10.5. The molecule has 2 N–H and O–H groups in total. The molecule has 1 aliphatic carbocycles. The highest BCUT2D eigenvalue weighted by atomic mass is 32.1. The third-order valence-electron chi connectivity index (χ3n) is 5.26. The van der Waals surface area contributed by atoms with Crippen LogP contribution in [0, 0.1) is 0 Å². The minimum absolute atomic E-state index is 0.0499. The number of methoxy groups -OCH3 is 1. The van der Waals surface area contributed by atoms with Gasteiger partial charge in [0, 0.05) is 11.8 Å². The Balaban J connectivity index is 1.44. The number of aromatic nitrogens is 2. The molecular formula is C22H23N3O5S. The largest absolute Gasteiger partial charge is 0.497 e. The van der Waals surface area contributed by atoms with E-state index < -0.39 is 12.0 Å². The van der Waals surface area contributed by atoms with Crippen molar-refractivity contribution in [3.05, 3.63) is 56.4 Å². The Morgan fingerprint density at radius 3 is 2.74 bits per heavy atom. The lowest BCUT2D eigenvalue weighted by Gasteiger charge is -2.18. The number of carbonyl (C=O) groups is 2. The van der Waals surface area contributed by atoms with Crippen LogP contribution >= 0.6 is 11.3 Å². The monoisotopic (exact) mass is 441 g/mol. The number of aryl methyl sites for hydroxylation is 2. The topological polar surface area (TPSA) is 110 Å². The van der Waals surface area contributed by atoms with Crippen LogP contribution in [-0.2, 0) is 33.8 Å². The molecule has 4 rings (SSSR count). The smallest absolute Gasteiger partial charge is 0.308 e. The number of ether oxygens (including phenoxy) is 2. The van der Waals surface area contributed by atoms with Crippen molar-refractivity contribution in [1.82, 2.24) is 15.3 Å². The zero-order chi connectivity index (χ0) is 22.0. The van der Waals surface area contributed by atoms with Crippen molar-refractivity contribution in [2.45, 2.75) is 45.3 Å². The summed E-state index contributed by atoms with van der Waals surface area (Å²) in [6, 6.07) is 6.56. The van der Waals surface area contributed by atoms with Gasteiger partial charge in [0.1, 0.15) is 23.0 Å². The van der Waals surface area contributed by atoms with Crippen LogP contribution in [-0.4, -0.2) is 29.0 Å². The highest BCUT2D eigenvalue weighted by Gasteiger charge is 2.22. The van der Waals surface area contributed by atoms with Crippen LogP contribution < -0.4 is 15.6 Å². The fourth-order valence-corrected chi connectivity index (χ4v) is 5.10. The van der Waals surface area contributed by atoms with Crippen LogP contribution in [0.1, 0.15) is 47.6 Å². The molecule has 1 amide bonds.